The fourth-order valence-electron chi connectivity index (χ4n) is 1.74. The van der Waals surface area contributed by atoms with E-state index < -0.39 is 26.6 Å². The van der Waals surface area contributed by atoms with Gasteiger partial charge in [0, 0.05) is 12.4 Å². The molecule has 0 spiro atoms. The van der Waals surface area contributed by atoms with Crippen molar-refractivity contribution >= 4 is 10.0 Å². The number of benzene rings is 1. The highest BCUT2D eigenvalue weighted by Crippen LogP contribution is 2.24. The summed E-state index contributed by atoms with van der Waals surface area (Å²) in [7, 11) is -4.32. The third-order valence-corrected chi connectivity index (χ3v) is 3.76. The SMILES string of the molecule is Cc1nccn1CCOc1ccc(S(N)(=O)=O)c(F)c1F. The third-order valence-electron chi connectivity index (χ3n) is 2.83. The first-order valence-corrected chi connectivity index (χ1v) is 7.46. The number of rotatable bonds is 5. The van der Waals surface area contributed by atoms with Gasteiger partial charge in [-0.05, 0) is 19.1 Å². The molecule has 6 nitrogen and oxygen atoms in total. The van der Waals surface area contributed by atoms with Crippen LogP contribution in [0.2, 0.25) is 0 Å². The van der Waals surface area contributed by atoms with Crippen LogP contribution in [0.3, 0.4) is 0 Å². The van der Waals surface area contributed by atoms with Gasteiger partial charge in [0.05, 0.1) is 6.54 Å². The molecule has 114 valence electrons. The van der Waals surface area contributed by atoms with Crippen LogP contribution in [-0.2, 0) is 16.6 Å². The van der Waals surface area contributed by atoms with Crippen LogP contribution < -0.4 is 9.88 Å². The zero-order valence-corrected chi connectivity index (χ0v) is 11.9. The van der Waals surface area contributed by atoms with Gasteiger partial charge in [-0.3, -0.25) is 0 Å². The number of halogens is 2. The summed E-state index contributed by atoms with van der Waals surface area (Å²) in [6.07, 6.45) is 3.33. The maximum absolute atomic E-state index is 13.7. The number of nitrogens with zero attached hydrogens (tertiary/aromatic N) is 2. The summed E-state index contributed by atoms with van der Waals surface area (Å²) in [4.78, 5) is 3.10. The van der Waals surface area contributed by atoms with Gasteiger partial charge in [0.15, 0.2) is 11.6 Å². The Hall–Kier alpha value is -2.00. The molecular formula is C12H13F2N3O3S. The second kappa shape index (κ2) is 5.78. The van der Waals surface area contributed by atoms with Crippen molar-refractivity contribution in [3.8, 4) is 5.75 Å². The lowest BCUT2D eigenvalue weighted by Gasteiger charge is -2.10. The van der Waals surface area contributed by atoms with Crippen molar-refractivity contribution in [3.05, 3.63) is 42.0 Å². The van der Waals surface area contributed by atoms with Crippen molar-refractivity contribution in [3.63, 3.8) is 0 Å². The minimum atomic E-state index is -4.32. The van der Waals surface area contributed by atoms with E-state index in [2.05, 4.69) is 4.98 Å². The lowest BCUT2D eigenvalue weighted by atomic mass is 10.3. The van der Waals surface area contributed by atoms with E-state index in [4.69, 9.17) is 9.88 Å². The van der Waals surface area contributed by atoms with Gasteiger partial charge in [0.2, 0.25) is 15.8 Å². The molecule has 0 atom stereocenters. The van der Waals surface area contributed by atoms with E-state index in [0.29, 0.717) is 6.54 Å². The number of nitrogens with two attached hydrogens (primary N) is 1. The molecule has 0 aliphatic heterocycles. The minimum absolute atomic E-state index is 0.0717. The van der Waals surface area contributed by atoms with Crippen molar-refractivity contribution < 1.29 is 21.9 Å². The van der Waals surface area contributed by atoms with E-state index >= 15 is 0 Å². The van der Waals surface area contributed by atoms with E-state index in [1.165, 1.54) is 0 Å². The number of hydrogen-bond acceptors (Lipinski definition) is 4. The molecular weight excluding hydrogens is 304 g/mol. The summed E-state index contributed by atoms with van der Waals surface area (Å²) in [6, 6.07) is 1.89. The molecule has 1 aromatic carbocycles. The zero-order valence-electron chi connectivity index (χ0n) is 11.1. The highest BCUT2D eigenvalue weighted by molar-refractivity contribution is 7.89. The molecule has 0 amide bonds. The predicted octanol–water partition coefficient (Wildman–Crippen LogP) is 1.20. The molecule has 0 fully saturated rings. The summed E-state index contributed by atoms with van der Waals surface area (Å²) in [5, 5.41) is 4.77. The number of imidazole rings is 1. The lowest BCUT2D eigenvalue weighted by Crippen LogP contribution is -2.16. The molecule has 2 aromatic rings. The van der Waals surface area contributed by atoms with Gasteiger partial charge in [0.1, 0.15) is 17.3 Å². The number of ether oxygens (including phenoxy) is 1. The second-order valence-corrected chi connectivity index (χ2v) is 5.78. The molecule has 0 aliphatic carbocycles. The molecule has 2 rings (SSSR count). The van der Waals surface area contributed by atoms with E-state index in [0.717, 1.165) is 18.0 Å². The Morgan fingerprint density at radius 1 is 1.33 bits per heavy atom. The van der Waals surface area contributed by atoms with Crippen LogP contribution in [0.15, 0.2) is 29.4 Å². The van der Waals surface area contributed by atoms with Gasteiger partial charge in [-0.25, -0.2) is 22.9 Å². The zero-order chi connectivity index (χ0) is 15.6. The number of aromatic nitrogens is 2. The normalized spacial score (nSPS) is 11.6. The highest BCUT2D eigenvalue weighted by Gasteiger charge is 2.21. The molecule has 2 N–H and O–H groups in total. The molecule has 21 heavy (non-hydrogen) atoms. The van der Waals surface area contributed by atoms with Gasteiger partial charge in [-0.15, -0.1) is 0 Å². The van der Waals surface area contributed by atoms with Crippen molar-refractivity contribution in [1.29, 1.82) is 0 Å². The van der Waals surface area contributed by atoms with Crippen LogP contribution in [0.5, 0.6) is 5.75 Å². The average Bonchev–Trinajstić information content (AvgIpc) is 2.79. The van der Waals surface area contributed by atoms with E-state index in [1.807, 2.05) is 0 Å². The predicted molar refractivity (Wildman–Crippen MR) is 70.2 cm³/mol. The van der Waals surface area contributed by atoms with Crippen LogP contribution in [-0.4, -0.2) is 24.6 Å². The monoisotopic (exact) mass is 317 g/mol. The fraction of sp³-hybridized carbons (Fsp3) is 0.250. The quantitative estimate of drug-likeness (QED) is 0.897. The number of sulfonamides is 1. The second-order valence-electron chi connectivity index (χ2n) is 4.25. The number of hydrogen-bond donors (Lipinski definition) is 1. The van der Waals surface area contributed by atoms with Crippen molar-refractivity contribution in [1.82, 2.24) is 9.55 Å². The van der Waals surface area contributed by atoms with Crippen LogP contribution >= 0.6 is 0 Å². The number of primary sulfonamides is 1. The molecule has 0 unspecified atom stereocenters. The molecule has 1 aromatic heterocycles. The summed E-state index contributed by atoms with van der Waals surface area (Å²) >= 11 is 0. The molecule has 0 saturated carbocycles. The van der Waals surface area contributed by atoms with Crippen LogP contribution in [0.25, 0.3) is 0 Å². The Labute approximate surface area is 120 Å². The Morgan fingerprint density at radius 2 is 2.05 bits per heavy atom. The van der Waals surface area contributed by atoms with Crippen LogP contribution in [0.1, 0.15) is 5.82 Å². The molecule has 0 bridgehead atoms. The average molecular weight is 317 g/mol. The van der Waals surface area contributed by atoms with E-state index in [1.54, 1.807) is 23.9 Å². The molecule has 0 radical (unpaired) electrons. The smallest absolute Gasteiger partial charge is 0.241 e. The van der Waals surface area contributed by atoms with Crippen molar-refractivity contribution in [2.45, 2.75) is 18.4 Å². The van der Waals surface area contributed by atoms with E-state index in [-0.39, 0.29) is 12.4 Å². The standard InChI is InChI=1S/C12H13F2N3O3S/c1-8-16-4-5-17(8)6-7-20-9-2-3-10(21(15,18)19)12(14)11(9)13/h2-5H,6-7H2,1H3,(H2,15,18,19). The Morgan fingerprint density at radius 3 is 2.62 bits per heavy atom. The largest absolute Gasteiger partial charge is 0.489 e. The Kier molecular flexibility index (Phi) is 4.24. The molecule has 0 aliphatic rings. The van der Waals surface area contributed by atoms with Gasteiger partial charge in [-0.1, -0.05) is 0 Å². The Balaban J connectivity index is 2.12. The Bertz CT molecular complexity index is 759. The third kappa shape index (κ3) is 3.37. The maximum Gasteiger partial charge on any atom is 0.241 e. The highest BCUT2D eigenvalue weighted by atomic mass is 32.2. The van der Waals surface area contributed by atoms with Crippen molar-refractivity contribution in [2.75, 3.05) is 6.61 Å². The molecule has 9 heteroatoms. The van der Waals surface area contributed by atoms with Gasteiger partial charge >= 0.3 is 0 Å². The summed E-state index contributed by atoms with van der Waals surface area (Å²) in [5.74, 6) is -2.55. The van der Waals surface area contributed by atoms with Crippen LogP contribution in [0.4, 0.5) is 8.78 Å². The summed E-state index contributed by atoms with van der Waals surface area (Å²) < 4.78 is 56.3. The van der Waals surface area contributed by atoms with Gasteiger partial charge in [0.25, 0.3) is 0 Å². The van der Waals surface area contributed by atoms with E-state index in [9.17, 15) is 17.2 Å². The lowest BCUT2D eigenvalue weighted by molar-refractivity contribution is 0.277. The summed E-state index contributed by atoms with van der Waals surface area (Å²) in [5.41, 5.74) is 0. The first-order chi connectivity index (χ1) is 9.80. The maximum atomic E-state index is 13.7. The molecule has 0 saturated heterocycles. The fourth-order valence-corrected chi connectivity index (χ4v) is 2.34. The number of aryl methyl sites for hydroxylation is 1. The van der Waals surface area contributed by atoms with Crippen molar-refractivity contribution in [2.24, 2.45) is 5.14 Å². The van der Waals surface area contributed by atoms with Crippen LogP contribution in [0, 0.1) is 18.6 Å². The first kappa shape index (κ1) is 15.4. The molecule has 1 heterocycles. The van der Waals surface area contributed by atoms with Gasteiger partial charge in [-0.2, -0.15) is 4.39 Å². The first-order valence-electron chi connectivity index (χ1n) is 5.92. The minimum Gasteiger partial charge on any atom is -0.489 e. The van der Waals surface area contributed by atoms with Gasteiger partial charge < -0.3 is 9.30 Å². The topological polar surface area (TPSA) is 87.2 Å². The summed E-state index contributed by atoms with van der Waals surface area (Å²) in [6.45, 7) is 2.26.